The number of hydroxylamine groups is 1. The number of rotatable bonds is 11. The van der Waals surface area contributed by atoms with E-state index in [0.29, 0.717) is 5.69 Å². The van der Waals surface area contributed by atoms with Gasteiger partial charge < -0.3 is 31.4 Å². The second kappa shape index (κ2) is 20.4. The largest absolute Gasteiger partial charge is 0.410 e. The molecule has 53 heavy (non-hydrogen) atoms. The lowest BCUT2D eigenvalue weighted by Crippen LogP contribution is -2.37. The van der Waals surface area contributed by atoms with Gasteiger partial charge in [-0.2, -0.15) is 10.5 Å². The molecule has 0 radical (unpaired) electrons. The summed E-state index contributed by atoms with van der Waals surface area (Å²) in [4.78, 5) is 4.06. The minimum absolute atomic E-state index is 0.0139. The van der Waals surface area contributed by atoms with Crippen molar-refractivity contribution >= 4 is 57.5 Å². The van der Waals surface area contributed by atoms with Crippen molar-refractivity contribution in [3.8, 4) is 12.1 Å². The number of aliphatic hydroxyl groups is 4. The molecule has 4 rings (SSSR count). The Hall–Kier alpha value is -4.91. The summed E-state index contributed by atoms with van der Waals surface area (Å²) in [6.45, 7) is 5.90. The topological polar surface area (TPSA) is 310 Å². The molecule has 2 aromatic carbocycles. The van der Waals surface area contributed by atoms with E-state index in [1.807, 2.05) is 5.48 Å². The summed E-state index contributed by atoms with van der Waals surface area (Å²) in [5.41, 5.74) is 5.11. The van der Waals surface area contributed by atoms with E-state index in [4.69, 9.17) is 33.1 Å². The molecule has 0 bridgehead atoms. The average molecular weight is 799 g/mol. The first-order valence-corrected chi connectivity index (χ1v) is 16.9. The summed E-state index contributed by atoms with van der Waals surface area (Å²) < 4.78 is 35.0. The van der Waals surface area contributed by atoms with Crippen LogP contribution in [0.25, 0.3) is 0 Å². The molecule has 0 aliphatic rings. The highest BCUT2D eigenvalue weighted by Gasteiger charge is 2.27. The van der Waals surface area contributed by atoms with Gasteiger partial charge in [-0.05, 0) is 84.7 Å². The number of nitrogens with one attached hydrogen (secondary N) is 1. The van der Waals surface area contributed by atoms with Crippen molar-refractivity contribution in [2.45, 2.75) is 61.2 Å². The van der Waals surface area contributed by atoms with Crippen LogP contribution in [0.3, 0.4) is 0 Å². The monoisotopic (exact) mass is 798 g/mol. The number of nitrogens with zero attached hydrogens (tertiary/aromatic N) is 8. The zero-order chi connectivity index (χ0) is 39.9. The van der Waals surface area contributed by atoms with Crippen molar-refractivity contribution in [3.63, 3.8) is 0 Å². The average Bonchev–Trinajstić information content (AvgIpc) is 3.79. The van der Waals surface area contributed by atoms with Crippen LogP contribution in [0, 0.1) is 34.3 Å². The van der Waals surface area contributed by atoms with E-state index in [0.717, 1.165) is 29.6 Å². The van der Waals surface area contributed by atoms with Gasteiger partial charge >= 0.3 is 0 Å². The highest BCUT2D eigenvalue weighted by atomic mass is 35.5. The van der Waals surface area contributed by atoms with Crippen LogP contribution in [0.4, 0.5) is 20.2 Å². The Balaban J connectivity index is 0.000000307. The smallest absolute Gasteiger partial charge is 0.200 e. The number of aliphatic imine (C=N–C) groups is 1. The Morgan fingerprint density at radius 2 is 1.36 bits per heavy atom. The van der Waals surface area contributed by atoms with Gasteiger partial charge in [-0.15, -0.1) is 0 Å². The maximum Gasteiger partial charge on any atom is 0.200 e. The molecule has 0 fully saturated rings. The molecule has 0 spiro atoms. The molecule has 9 N–H and O–H groups in total. The SMILES string of the molecule is CC(C)(O)C(O)CSc1nonc1/C(Cl)=N/O.CC(C)(O)C(O)CSc1nonc1C(=Nc1ccc(F)c(C#N)c1)NO.N#Cc1cc(N)ccc1F. The van der Waals surface area contributed by atoms with E-state index in [-0.39, 0.29) is 60.8 Å². The number of halogens is 3. The van der Waals surface area contributed by atoms with Crippen LogP contribution in [0.2, 0.25) is 0 Å². The molecule has 284 valence electrons. The first-order chi connectivity index (χ1) is 24.9. The lowest BCUT2D eigenvalue weighted by Gasteiger charge is -2.23. The molecule has 2 atom stereocenters. The second-order valence-electron chi connectivity index (χ2n) is 11.4. The number of oxime groups is 1. The minimum atomic E-state index is -1.31. The Kier molecular flexibility index (Phi) is 17.0. The lowest BCUT2D eigenvalue weighted by atomic mass is 10.0. The van der Waals surface area contributed by atoms with Crippen LogP contribution in [0.15, 0.2) is 65.9 Å². The fourth-order valence-corrected chi connectivity index (χ4v) is 5.49. The zero-order valence-electron chi connectivity index (χ0n) is 28.1. The normalized spacial score (nSPS) is 13.0. The zero-order valence-corrected chi connectivity index (χ0v) is 30.5. The van der Waals surface area contributed by atoms with E-state index in [9.17, 15) is 34.4 Å². The molecule has 0 aliphatic carbocycles. The Morgan fingerprint density at radius 1 is 0.887 bits per heavy atom. The maximum atomic E-state index is 13.4. The van der Waals surface area contributed by atoms with Crippen LogP contribution in [-0.4, -0.2) is 97.4 Å². The van der Waals surface area contributed by atoms with E-state index in [1.54, 1.807) is 12.1 Å². The van der Waals surface area contributed by atoms with Gasteiger partial charge in [-0.1, -0.05) is 40.3 Å². The van der Waals surface area contributed by atoms with E-state index >= 15 is 0 Å². The molecule has 2 heterocycles. The van der Waals surface area contributed by atoms with Crippen molar-refractivity contribution in [2.75, 3.05) is 17.2 Å². The molecule has 18 nitrogen and oxygen atoms in total. The lowest BCUT2D eigenvalue weighted by molar-refractivity contribution is -0.0350. The van der Waals surface area contributed by atoms with Gasteiger partial charge in [0.05, 0.1) is 40.2 Å². The van der Waals surface area contributed by atoms with Crippen molar-refractivity contribution in [1.82, 2.24) is 26.1 Å². The fourth-order valence-electron chi connectivity index (χ4n) is 3.15. The molecule has 2 aromatic heterocycles. The predicted molar refractivity (Wildman–Crippen MR) is 187 cm³/mol. The molecule has 4 aromatic rings. The number of thioether (sulfide) groups is 2. The number of nitriles is 2. The van der Waals surface area contributed by atoms with Crippen molar-refractivity contribution < 1.29 is 48.9 Å². The number of amidine groups is 1. The number of hydrogen-bond donors (Lipinski definition) is 8. The van der Waals surface area contributed by atoms with Crippen LogP contribution in [0.5, 0.6) is 0 Å². The number of nitrogens with two attached hydrogens (primary N) is 1. The quantitative estimate of drug-likeness (QED) is 0.0269. The van der Waals surface area contributed by atoms with E-state index < -0.39 is 35.0 Å². The number of hydrogen-bond acceptors (Lipinski definition) is 19. The fraction of sp³-hybridized carbons (Fsp3) is 0.333. The number of nitrogen functional groups attached to an aromatic ring is 1. The summed E-state index contributed by atoms with van der Waals surface area (Å²) >= 11 is 7.66. The van der Waals surface area contributed by atoms with Gasteiger partial charge in [0.25, 0.3) is 0 Å². The van der Waals surface area contributed by atoms with Crippen LogP contribution >= 0.6 is 35.1 Å². The van der Waals surface area contributed by atoms with E-state index in [1.165, 1.54) is 58.0 Å². The first-order valence-electron chi connectivity index (χ1n) is 14.6. The second-order valence-corrected chi connectivity index (χ2v) is 13.8. The van der Waals surface area contributed by atoms with Gasteiger partial charge in [0.15, 0.2) is 32.4 Å². The first kappa shape index (κ1) is 44.3. The van der Waals surface area contributed by atoms with Gasteiger partial charge in [0.1, 0.15) is 23.8 Å². The Bertz CT molecular complexity index is 1960. The molecular formula is C30H33ClF2N10O8S2. The van der Waals surface area contributed by atoms with Crippen LogP contribution in [0.1, 0.15) is 50.2 Å². The van der Waals surface area contributed by atoms with Crippen LogP contribution in [-0.2, 0) is 0 Å². The molecule has 0 amide bonds. The number of benzene rings is 2. The number of aliphatic hydroxyl groups excluding tert-OH is 2. The Morgan fingerprint density at radius 3 is 1.81 bits per heavy atom. The molecule has 0 saturated heterocycles. The van der Waals surface area contributed by atoms with Crippen molar-refractivity contribution in [1.29, 1.82) is 10.5 Å². The summed E-state index contributed by atoms with van der Waals surface area (Å²) in [5, 5.41) is 91.0. The molecule has 23 heteroatoms. The summed E-state index contributed by atoms with van der Waals surface area (Å²) in [6, 6.07) is 10.8. The number of aromatic nitrogens is 4. The van der Waals surface area contributed by atoms with E-state index in [2.05, 4.69) is 40.0 Å². The third kappa shape index (κ3) is 13.9. The van der Waals surface area contributed by atoms with Crippen molar-refractivity contribution in [3.05, 3.63) is 70.5 Å². The van der Waals surface area contributed by atoms with Gasteiger partial charge in [-0.3, -0.25) is 10.7 Å². The van der Waals surface area contributed by atoms with Crippen LogP contribution < -0.4 is 11.2 Å². The van der Waals surface area contributed by atoms with Gasteiger partial charge in [-0.25, -0.2) is 23.0 Å². The molecule has 2 unspecified atom stereocenters. The Labute approximate surface area is 313 Å². The maximum absolute atomic E-state index is 13.4. The van der Waals surface area contributed by atoms with Gasteiger partial charge in [0, 0.05) is 17.2 Å². The van der Waals surface area contributed by atoms with Gasteiger partial charge in [0.2, 0.25) is 0 Å². The molecule has 0 aliphatic heterocycles. The third-order valence-corrected chi connectivity index (χ3v) is 8.64. The number of anilines is 1. The summed E-state index contributed by atoms with van der Waals surface area (Å²) in [7, 11) is 0. The predicted octanol–water partition coefficient (Wildman–Crippen LogP) is 3.31. The highest BCUT2D eigenvalue weighted by Crippen LogP contribution is 2.26. The summed E-state index contributed by atoms with van der Waals surface area (Å²) in [6.07, 6.45) is -2.00. The van der Waals surface area contributed by atoms with Crippen molar-refractivity contribution in [2.24, 2.45) is 10.1 Å². The summed E-state index contributed by atoms with van der Waals surface area (Å²) in [5.74, 6) is -1.12. The minimum Gasteiger partial charge on any atom is -0.410 e. The highest BCUT2D eigenvalue weighted by molar-refractivity contribution is 7.99. The molecule has 0 saturated carbocycles. The molecular weight excluding hydrogens is 766 g/mol. The third-order valence-electron chi connectivity index (χ3n) is 6.34. The standard InChI is InChI=1S/C15H16FN5O4S.C8H12ClN3O4S.C7H5FN2/c1-15(2,23)11(22)7-26-14-12(20-25-21-14)13(19-24)18-9-3-4-10(16)8(5-9)6-17;1-8(2,14)4(13)3-17-7-5(6(9)10-15)11-16-12-7;8-7-2-1-6(10)3-5(7)4-9/h3-5,11,22-24H,7H2,1-2H3,(H,18,19);4,13-15H,3H2,1-2H3;1-3H,10H2/b;10-6-;.